The molecule has 0 spiro atoms. The van der Waals surface area contributed by atoms with Crippen LogP contribution in [0.3, 0.4) is 0 Å². The molecule has 6 heteroatoms. The largest absolute Gasteiger partial charge is 0.399 e. The van der Waals surface area contributed by atoms with Gasteiger partial charge in [0, 0.05) is 13.2 Å². The SMILES string of the molecule is CCCCN([Si](C)(C)C)[Si](C)(C)C.CCO[SiH2]OCC. The molecule has 0 bridgehead atoms. The maximum atomic E-state index is 4.99. The highest BCUT2D eigenvalue weighted by molar-refractivity contribution is 6.89. The van der Waals surface area contributed by atoms with Crippen molar-refractivity contribution >= 4 is 26.5 Å². The molecule has 3 nitrogen and oxygen atoms in total. The lowest BCUT2D eigenvalue weighted by molar-refractivity contribution is 0.240. The quantitative estimate of drug-likeness (QED) is 0.471. The number of rotatable bonds is 9. The van der Waals surface area contributed by atoms with Gasteiger partial charge in [-0.05, 0) is 26.8 Å². The lowest BCUT2D eigenvalue weighted by Gasteiger charge is -2.43. The van der Waals surface area contributed by atoms with Crippen molar-refractivity contribution in [1.82, 2.24) is 4.23 Å². The van der Waals surface area contributed by atoms with Gasteiger partial charge in [-0.1, -0.05) is 52.6 Å². The van der Waals surface area contributed by atoms with E-state index in [0.717, 1.165) is 13.2 Å². The van der Waals surface area contributed by atoms with Gasteiger partial charge in [0.05, 0.1) is 0 Å². The molecule has 0 rings (SSSR count). The molecule has 0 fully saturated rings. The van der Waals surface area contributed by atoms with Crippen molar-refractivity contribution in [3.8, 4) is 0 Å². The van der Waals surface area contributed by atoms with Crippen LogP contribution in [-0.2, 0) is 8.85 Å². The summed E-state index contributed by atoms with van der Waals surface area (Å²) in [5.74, 6) is 0. The molecule has 0 N–H and O–H groups in total. The molecule has 124 valence electrons. The number of nitrogens with zero attached hydrogens (tertiary/aromatic N) is 1. The van der Waals surface area contributed by atoms with Crippen LogP contribution in [0.4, 0.5) is 0 Å². The summed E-state index contributed by atoms with van der Waals surface area (Å²) in [4.78, 5) is 0. The molecule has 0 aromatic carbocycles. The Morgan fingerprint density at radius 1 is 0.800 bits per heavy atom. The molecule has 0 aromatic rings. The van der Waals surface area contributed by atoms with Gasteiger partial charge >= 0.3 is 10.0 Å². The third-order valence-corrected chi connectivity index (χ3v) is 11.8. The summed E-state index contributed by atoms with van der Waals surface area (Å²) in [6, 6.07) is 0. The lowest BCUT2D eigenvalue weighted by atomic mass is 10.3. The van der Waals surface area contributed by atoms with E-state index in [1.165, 1.54) is 19.4 Å². The maximum absolute atomic E-state index is 4.99. The van der Waals surface area contributed by atoms with E-state index < -0.39 is 26.5 Å². The number of hydrogen-bond donors (Lipinski definition) is 0. The van der Waals surface area contributed by atoms with Crippen LogP contribution >= 0.6 is 0 Å². The first-order valence-corrected chi connectivity index (χ1v) is 16.1. The van der Waals surface area contributed by atoms with Gasteiger partial charge in [0.2, 0.25) is 0 Å². The van der Waals surface area contributed by atoms with Crippen LogP contribution in [0, 0.1) is 0 Å². The Labute approximate surface area is 132 Å². The topological polar surface area (TPSA) is 21.7 Å². The van der Waals surface area contributed by atoms with E-state index in [2.05, 4.69) is 50.4 Å². The summed E-state index contributed by atoms with van der Waals surface area (Å²) in [7, 11) is -2.72. The van der Waals surface area contributed by atoms with Crippen LogP contribution in [0.25, 0.3) is 0 Å². The van der Waals surface area contributed by atoms with E-state index in [9.17, 15) is 0 Å². The first-order valence-electron chi connectivity index (χ1n) is 8.04. The normalized spacial score (nSPS) is 12.3. The fourth-order valence-corrected chi connectivity index (χ4v) is 12.4. The summed E-state index contributed by atoms with van der Waals surface area (Å²) in [5.41, 5.74) is 0. The Kier molecular flexibility index (Phi) is 13.8. The van der Waals surface area contributed by atoms with Gasteiger partial charge in [0.25, 0.3) is 0 Å². The molecule has 0 saturated heterocycles. The highest BCUT2D eigenvalue weighted by Gasteiger charge is 2.33. The van der Waals surface area contributed by atoms with Gasteiger partial charge in [0.15, 0.2) is 0 Å². The van der Waals surface area contributed by atoms with E-state index in [0.29, 0.717) is 0 Å². The van der Waals surface area contributed by atoms with Crippen LogP contribution in [0.1, 0.15) is 33.6 Å². The average Bonchev–Trinajstić information content (AvgIpc) is 2.27. The molecular weight excluding hydrogens is 298 g/mol. The van der Waals surface area contributed by atoms with Crippen LogP contribution in [0.2, 0.25) is 39.3 Å². The van der Waals surface area contributed by atoms with Crippen LogP contribution in [0.15, 0.2) is 0 Å². The number of unbranched alkanes of at least 4 members (excludes halogenated alkanes) is 1. The zero-order chi connectivity index (χ0) is 16.2. The molecule has 0 aliphatic heterocycles. The fraction of sp³-hybridized carbons (Fsp3) is 1.00. The van der Waals surface area contributed by atoms with Crippen LogP contribution < -0.4 is 0 Å². The van der Waals surface area contributed by atoms with E-state index in [1.807, 2.05) is 13.8 Å². The first kappa shape index (κ1) is 22.8. The summed E-state index contributed by atoms with van der Waals surface area (Å²) < 4.78 is 12.8. The third-order valence-electron chi connectivity index (χ3n) is 2.93. The standard InChI is InChI=1S/C10H27NSi2.C4H12O2Si/c1-8-9-10-11(12(2,3)4)13(5,6)7;1-3-5-7-6-4-2/h8-10H2,1-7H3;3-4,7H2,1-2H3. The maximum Gasteiger partial charge on any atom is 0.304 e. The number of hydrogen-bond acceptors (Lipinski definition) is 3. The molecule has 0 saturated carbocycles. The Hall–Kier alpha value is 0.531. The minimum Gasteiger partial charge on any atom is -0.399 e. The summed E-state index contributed by atoms with van der Waals surface area (Å²) >= 11 is 0. The zero-order valence-electron chi connectivity index (χ0n) is 15.5. The predicted octanol–water partition coefficient (Wildman–Crippen LogP) is 3.82. The van der Waals surface area contributed by atoms with Crippen molar-refractivity contribution < 1.29 is 8.85 Å². The van der Waals surface area contributed by atoms with Crippen molar-refractivity contribution in [1.29, 1.82) is 0 Å². The molecule has 0 unspecified atom stereocenters. The second-order valence-electron chi connectivity index (χ2n) is 6.95. The average molecular weight is 338 g/mol. The third kappa shape index (κ3) is 13.5. The van der Waals surface area contributed by atoms with Crippen molar-refractivity contribution in [3.05, 3.63) is 0 Å². The van der Waals surface area contributed by atoms with Crippen molar-refractivity contribution in [3.63, 3.8) is 0 Å². The van der Waals surface area contributed by atoms with E-state index >= 15 is 0 Å². The van der Waals surface area contributed by atoms with Gasteiger partial charge < -0.3 is 13.1 Å². The summed E-state index contributed by atoms with van der Waals surface area (Å²) in [6.45, 7) is 24.0. The zero-order valence-corrected chi connectivity index (χ0v) is 18.9. The van der Waals surface area contributed by atoms with Gasteiger partial charge in [-0.25, -0.2) is 0 Å². The molecular formula is C14H39NO2Si3. The van der Waals surface area contributed by atoms with Gasteiger partial charge in [-0.3, -0.25) is 0 Å². The monoisotopic (exact) mass is 337 g/mol. The second kappa shape index (κ2) is 12.1. The van der Waals surface area contributed by atoms with Gasteiger partial charge in [-0.2, -0.15) is 0 Å². The van der Waals surface area contributed by atoms with Crippen molar-refractivity contribution in [2.24, 2.45) is 0 Å². The molecule has 0 aliphatic rings. The highest BCUT2D eigenvalue weighted by Crippen LogP contribution is 2.20. The van der Waals surface area contributed by atoms with Gasteiger partial charge in [-0.15, -0.1) is 0 Å². The van der Waals surface area contributed by atoms with Crippen molar-refractivity contribution in [2.75, 3.05) is 19.8 Å². The summed E-state index contributed by atoms with van der Waals surface area (Å²) in [5, 5.41) is 0. The molecule has 0 amide bonds. The summed E-state index contributed by atoms with van der Waals surface area (Å²) in [6.07, 6.45) is 2.69. The highest BCUT2D eigenvalue weighted by atomic mass is 28.4. The molecule has 0 aliphatic carbocycles. The Morgan fingerprint density at radius 3 is 1.45 bits per heavy atom. The minimum absolute atomic E-state index is 0.589. The smallest absolute Gasteiger partial charge is 0.304 e. The molecule has 0 atom stereocenters. The Balaban J connectivity index is 0. The Morgan fingerprint density at radius 2 is 1.20 bits per heavy atom. The first-order chi connectivity index (χ1) is 9.11. The fourth-order valence-electron chi connectivity index (χ4n) is 2.22. The molecule has 0 aromatic heterocycles. The Bertz CT molecular complexity index is 197. The molecule has 0 heterocycles. The van der Waals surface area contributed by atoms with Gasteiger partial charge in [0.1, 0.15) is 16.5 Å². The predicted molar refractivity (Wildman–Crippen MR) is 100 cm³/mol. The van der Waals surface area contributed by atoms with E-state index in [4.69, 9.17) is 8.85 Å². The van der Waals surface area contributed by atoms with E-state index in [1.54, 1.807) is 0 Å². The molecule has 20 heavy (non-hydrogen) atoms. The van der Waals surface area contributed by atoms with Crippen molar-refractivity contribution in [2.45, 2.75) is 72.9 Å². The van der Waals surface area contributed by atoms with Crippen LogP contribution in [-0.4, -0.2) is 50.5 Å². The molecule has 0 radical (unpaired) electrons. The van der Waals surface area contributed by atoms with E-state index in [-0.39, 0.29) is 0 Å². The minimum atomic E-state index is -1.06. The lowest BCUT2D eigenvalue weighted by Crippen LogP contribution is -2.59. The second-order valence-corrected chi connectivity index (χ2v) is 18.2. The van der Waals surface area contributed by atoms with Crippen LogP contribution in [0.5, 0.6) is 0 Å².